The Morgan fingerprint density at radius 1 is 1.19 bits per heavy atom. The van der Waals surface area contributed by atoms with Crippen LogP contribution < -0.4 is 0 Å². The maximum absolute atomic E-state index is 6.36. The Hall–Kier alpha value is -0.415. The van der Waals surface area contributed by atoms with Crippen LogP contribution in [0.3, 0.4) is 0 Å². The minimum atomic E-state index is -0.394. The number of hydrogen-bond acceptors (Lipinski definition) is 3. The monoisotopic (exact) mass is 324 g/mol. The first-order chi connectivity index (χ1) is 9.78. The zero-order chi connectivity index (χ0) is 15.7. The van der Waals surface area contributed by atoms with E-state index >= 15 is 0 Å². The van der Waals surface area contributed by atoms with Crippen LogP contribution in [0.15, 0.2) is 29.7 Å². The van der Waals surface area contributed by atoms with Crippen molar-refractivity contribution in [2.45, 2.75) is 45.8 Å². The van der Waals surface area contributed by atoms with Crippen molar-refractivity contribution in [2.24, 2.45) is 0 Å². The standard InChI is InChI=1S/C16H22BClO2S/c1-6-21-11-13(12-9-7-8-10-14(12)18)17-19-15(2,3)16(4,5)20-17/h7-11H,6H2,1-5H3/b13-11+. The molecule has 0 unspecified atom stereocenters. The topological polar surface area (TPSA) is 18.5 Å². The van der Waals surface area contributed by atoms with Crippen molar-refractivity contribution in [1.82, 2.24) is 0 Å². The van der Waals surface area contributed by atoms with Gasteiger partial charge in [0.05, 0.1) is 11.2 Å². The summed E-state index contributed by atoms with van der Waals surface area (Å²) in [6, 6.07) is 7.82. The molecule has 0 N–H and O–H groups in total. The summed E-state index contributed by atoms with van der Waals surface area (Å²) in [5.41, 5.74) is 1.26. The van der Waals surface area contributed by atoms with E-state index in [9.17, 15) is 0 Å². The highest BCUT2D eigenvalue weighted by molar-refractivity contribution is 8.02. The fraction of sp³-hybridized carbons (Fsp3) is 0.500. The minimum Gasteiger partial charge on any atom is -0.399 e. The van der Waals surface area contributed by atoms with Crippen molar-refractivity contribution in [3.05, 3.63) is 40.3 Å². The van der Waals surface area contributed by atoms with E-state index in [0.29, 0.717) is 0 Å². The van der Waals surface area contributed by atoms with Gasteiger partial charge in [0.15, 0.2) is 0 Å². The van der Waals surface area contributed by atoms with Gasteiger partial charge in [-0.05, 0) is 56.0 Å². The van der Waals surface area contributed by atoms with Gasteiger partial charge in [-0.2, -0.15) is 0 Å². The van der Waals surface area contributed by atoms with Gasteiger partial charge in [0.2, 0.25) is 0 Å². The molecular formula is C16H22BClO2S. The van der Waals surface area contributed by atoms with Gasteiger partial charge in [0.1, 0.15) is 0 Å². The fourth-order valence-electron chi connectivity index (χ4n) is 2.08. The molecule has 21 heavy (non-hydrogen) atoms. The lowest BCUT2D eigenvalue weighted by Crippen LogP contribution is -2.41. The Balaban J connectivity index is 2.38. The van der Waals surface area contributed by atoms with Gasteiger partial charge >= 0.3 is 7.12 Å². The molecule has 2 nitrogen and oxygen atoms in total. The second-order valence-corrected chi connectivity index (χ2v) is 7.65. The third-order valence-electron chi connectivity index (χ3n) is 4.07. The van der Waals surface area contributed by atoms with Crippen LogP contribution in [0.4, 0.5) is 0 Å². The van der Waals surface area contributed by atoms with E-state index in [-0.39, 0.29) is 11.2 Å². The molecule has 5 heteroatoms. The first-order valence-electron chi connectivity index (χ1n) is 7.20. The molecular weight excluding hydrogens is 303 g/mol. The molecule has 1 heterocycles. The molecule has 1 saturated heterocycles. The average Bonchev–Trinajstić information content (AvgIpc) is 2.61. The number of hydrogen-bond donors (Lipinski definition) is 0. The molecule has 0 saturated carbocycles. The molecule has 0 atom stereocenters. The summed E-state index contributed by atoms with van der Waals surface area (Å²) in [7, 11) is -0.394. The lowest BCUT2D eigenvalue weighted by Gasteiger charge is -2.32. The maximum Gasteiger partial charge on any atom is 0.496 e. The number of halogens is 1. The van der Waals surface area contributed by atoms with Crippen LogP contribution >= 0.6 is 23.4 Å². The van der Waals surface area contributed by atoms with Gasteiger partial charge in [-0.3, -0.25) is 0 Å². The number of rotatable bonds is 4. The Kier molecular flexibility index (Phi) is 5.14. The maximum atomic E-state index is 6.36. The van der Waals surface area contributed by atoms with Crippen LogP contribution in [0.25, 0.3) is 5.47 Å². The van der Waals surface area contributed by atoms with Crippen molar-refractivity contribution >= 4 is 36.0 Å². The molecule has 1 fully saturated rings. The Bertz CT molecular complexity index is 527. The second kappa shape index (κ2) is 6.37. The van der Waals surface area contributed by atoms with Crippen LogP contribution in [0.1, 0.15) is 40.2 Å². The van der Waals surface area contributed by atoms with Crippen LogP contribution in [0.2, 0.25) is 5.02 Å². The summed E-state index contributed by atoms with van der Waals surface area (Å²) < 4.78 is 12.3. The smallest absolute Gasteiger partial charge is 0.399 e. The second-order valence-electron chi connectivity index (χ2n) is 6.10. The van der Waals surface area contributed by atoms with E-state index < -0.39 is 7.12 Å². The average molecular weight is 325 g/mol. The summed E-state index contributed by atoms with van der Waals surface area (Å²) in [6.07, 6.45) is 0. The lowest BCUT2D eigenvalue weighted by atomic mass is 9.75. The van der Waals surface area contributed by atoms with Gasteiger partial charge in [-0.25, -0.2) is 0 Å². The predicted molar refractivity (Wildman–Crippen MR) is 93.6 cm³/mol. The van der Waals surface area contributed by atoms with Crippen molar-refractivity contribution in [2.75, 3.05) is 5.75 Å². The molecule has 2 rings (SSSR count). The SMILES string of the molecule is CCS/C=C(/B1OC(C)(C)C(C)(C)O1)c1ccccc1Cl. The summed E-state index contributed by atoms with van der Waals surface area (Å²) in [4.78, 5) is 0. The number of benzene rings is 1. The highest BCUT2D eigenvalue weighted by Gasteiger charge is 2.52. The predicted octanol–water partition coefficient (Wildman–Crippen LogP) is 5.07. The van der Waals surface area contributed by atoms with Gasteiger partial charge < -0.3 is 9.31 Å². The summed E-state index contributed by atoms with van der Waals surface area (Å²) >= 11 is 8.08. The van der Waals surface area contributed by atoms with E-state index in [1.54, 1.807) is 11.8 Å². The molecule has 0 radical (unpaired) electrons. The first-order valence-corrected chi connectivity index (χ1v) is 8.63. The van der Waals surface area contributed by atoms with Crippen LogP contribution in [-0.4, -0.2) is 24.1 Å². The normalized spacial score (nSPS) is 20.9. The summed E-state index contributed by atoms with van der Waals surface area (Å²) in [5, 5.41) is 2.82. The number of thioether (sulfide) groups is 1. The third-order valence-corrected chi connectivity index (χ3v) is 5.15. The van der Waals surface area contributed by atoms with E-state index in [0.717, 1.165) is 21.8 Å². The van der Waals surface area contributed by atoms with Gasteiger partial charge in [-0.15, -0.1) is 11.8 Å². The highest BCUT2D eigenvalue weighted by Crippen LogP contribution is 2.42. The molecule has 114 valence electrons. The quantitative estimate of drug-likeness (QED) is 0.721. The molecule has 0 spiro atoms. The zero-order valence-electron chi connectivity index (χ0n) is 13.3. The molecule has 1 aromatic rings. The molecule has 0 aromatic heterocycles. The fourth-order valence-corrected chi connectivity index (χ4v) is 2.91. The van der Waals surface area contributed by atoms with E-state index in [1.807, 2.05) is 24.3 Å². The highest BCUT2D eigenvalue weighted by atomic mass is 35.5. The van der Waals surface area contributed by atoms with Crippen LogP contribution in [0, 0.1) is 0 Å². The van der Waals surface area contributed by atoms with Crippen molar-refractivity contribution in [1.29, 1.82) is 0 Å². The van der Waals surface area contributed by atoms with Crippen molar-refractivity contribution in [3.8, 4) is 0 Å². The van der Waals surface area contributed by atoms with Crippen LogP contribution in [0.5, 0.6) is 0 Å². The molecule has 1 aromatic carbocycles. The molecule has 1 aliphatic heterocycles. The van der Waals surface area contributed by atoms with Crippen molar-refractivity contribution < 1.29 is 9.31 Å². The van der Waals surface area contributed by atoms with E-state index in [2.05, 4.69) is 40.0 Å². The van der Waals surface area contributed by atoms with Gasteiger partial charge in [0, 0.05) is 5.02 Å². The van der Waals surface area contributed by atoms with Crippen molar-refractivity contribution in [3.63, 3.8) is 0 Å². The van der Waals surface area contributed by atoms with Gasteiger partial charge in [0.25, 0.3) is 0 Å². The lowest BCUT2D eigenvalue weighted by molar-refractivity contribution is 0.00578. The largest absolute Gasteiger partial charge is 0.496 e. The molecule has 0 bridgehead atoms. The van der Waals surface area contributed by atoms with Crippen LogP contribution in [-0.2, 0) is 9.31 Å². The molecule has 0 amide bonds. The Labute approximate surface area is 137 Å². The Morgan fingerprint density at radius 3 is 2.29 bits per heavy atom. The van der Waals surface area contributed by atoms with E-state index in [1.165, 1.54) is 0 Å². The third kappa shape index (κ3) is 3.50. The van der Waals surface area contributed by atoms with Gasteiger partial charge in [-0.1, -0.05) is 36.7 Å². The molecule has 0 aliphatic carbocycles. The molecule has 1 aliphatic rings. The first kappa shape index (κ1) is 16.9. The minimum absolute atomic E-state index is 0.352. The Morgan fingerprint density at radius 2 is 1.76 bits per heavy atom. The van der Waals surface area contributed by atoms with E-state index in [4.69, 9.17) is 20.9 Å². The zero-order valence-corrected chi connectivity index (χ0v) is 14.8. The summed E-state index contributed by atoms with van der Waals surface area (Å²) in [6.45, 7) is 10.4. The summed E-state index contributed by atoms with van der Waals surface area (Å²) in [5.74, 6) is 0.994.